The zero-order chi connectivity index (χ0) is 27.5. The van der Waals surface area contributed by atoms with E-state index in [1.807, 2.05) is 7.05 Å². The van der Waals surface area contributed by atoms with Gasteiger partial charge in [0, 0.05) is 43.0 Å². The zero-order valence-electron chi connectivity index (χ0n) is 21.1. The Morgan fingerprint density at radius 2 is 2.03 bits per heavy atom. The molecule has 7 rings (SSSR count). The first-order chi connectivity index (χ1) is 18.6. The molecule has 4 aliphatic rings. The summed E-state index contributed by atoms with van der Waals surface area (Å²) in [5.74, 6) is -1.19. The summed E-state index contributed by atoms with van der Waals surface area (Å²) in [6.07, 6.45) is 0.288. The highest BCUT2D eigenvalue weighted by Crippen LogP contribution is 2.45. The number of piperazine rings is 1. The van der Waals surface area contributed by atoms with Crippen LogP contribution >= 0.6 is 11.6 Å². The van der Waals surface area contributed by atoms with Gasteiger partial charge in [0.1, 0.15) is 29.4 Å². The van der Waals surface area contributed by atoms with Gasteiger partial charge in [0.15, 0.2) is 5.82 Å². The van der Waals surface area contributed by atoms with Crippen LogP contribution in [0.4, 0.5) is 23.4 Å². The Hall–Kier alpha value is -2.96. The molecule has 0 radical (unpaired) electrons. The lowest BCUT2D eigenvalue weighted by Crippen LogP contribution is -2.61. The molecular formula is C26H27ClF4N6O2. The van der Waals surface area contributed by atoms with Crippen LogP contribution in [0.25, 0.3) is 22.2 Å². The van der Waals surface area contributed by atoms with E-state index in [2.05, 4.69) is 30.1 Å². The first-order valence-corrected chi connectivity index (χ1v) is 13.3. The lowest BCUT2D eigenvalue weighted by molar-refractivity contribution is -0.137. The number of phenolic OH excluding ortho intramolecular Hbond substituents is 1. The summed E-state index contributed by atoms with van der Waals surface area (Å²) >= 11 is 5.85. The number of phenols is 1. The molecule has 4 aliphatic heterocycles. The second kappa shape index (κ2) is 9.90. The number of pyridine rings is 1. The molecule has 0 spiro atoms. The number of halogens is 5. The van der Waals surface area contributed by atoms with Gasteiger partial charge < -0.3 is 25.0 Å². The van der Waals surface area contributed by atoms with Crippen LogP contribution in [0.5, 0.6) is 11.8 Å². The number of aromatic nitrogens is 3. The number of aromatic hydroxyl groups is 1. The molecule has 0 saturated carbocycles. The largest absolute Gasteiger partial charge is 0.508 e. The predicted molar refractivity (Wildman–Crippen MR) is 138 cm³/mol. The Kier molecular flexibility index (Phi) is 6.67. The van der Waals surface area contributed by atoms with E-state index in [-0.39, 0.29) is 35.0 Å². The van der Waals surface area contributed by atoms with Crippen molar-refractivity contribution < 1.29 is 27.4 Å². The fourth-order valence-electron chi connectivity index (χ4n) is 5.89. The van der Waals surface area contributed by atoms with E-state index in [9.17, 15) is 18.3 Å². The van der Waals surface area contributed by atoms with E-state index >= 15 is 4.39 Å². The third-order valence-corrected chi connectivity index (χ3v) is 8.25. The molecule has 3 aromatic rings. The number of hydrogen-bond acceptors (Lipinski definition) is 8. The lowest BCUT2D eigenvalue weighted by Gasteiger charge is -2.46. The summed E-state index contributed by atoms with van der Waals surface area (Å²) in [6, 6.07) is 2.04. The first-order valence-electron chi connectivity index (χ1n) is 12.9. The highest BCUT2D eigenvalue weighted by atomic mass is 35.5. The van der Waals surface area contributed by atoms with Gasteiger partial charge >= 0.3 is 12.2 Å². The van der Waals surface area contributed by atoms with Crippen LogP contribution in [0, 0.1) is 5.82 Å². The fraction of sp³-hybridized carbons (Fsp3) is 0.500. The highest BCUT2D eigenvalue weighted by Gasteiger charge is 2.39. The molecule has 1 aromatic carbocycles. The predicted octanol–water partition coefficient (Wildman–Crippen LogP) is 4.62. The van der Waals surface area contributed by atoms with Crippen LogP contribution in [0.15, 0.2) is 18.3 Å². The van der Waals surface area contributed by atoms with Crippen molar-refractivity contribution in [2.45, 2.75) is 50.0 Å². The Balaban J connectivity index is 1.50. The molecule has 4 fully saturated rings. The molecule has 208 valence electrons. The molecule has 39 heavy (non-hydrogen) atoms. The number of fused-ring (bicyclic) bond motifs is 4. The second-order valence-electron chi connectivity index (χ2n) is 10.4. The summed E-state index contributed by atoms with van der Waals surface area (Å²) in [5.41, 5.74) is -2.80. The monoisotopic (exact) mass is 566 g/mol. The van der Waals surface area contributed by atoms with E-state index in [0.717, 1.165) is 50.9 Å². The minimum absolute atomic E-state index is 0.0479. The summed E-state index contributed by atoms with van der Waals surface area (Å²) < 4.78 is 63.9. The van der Waals surface area contributed by atoms with Crippen molar-refractivity contribution >= 4 is 28.3 Å². The molecule has 4 saturated heterocycles. The standard InChI is InChI=1S/C26H27ClF4N6O2/c1-36-6-2-3-15(36)12-39-25-34-23-18(24(35-25)37-11-13-4-5-14(37)9-32-13)10-33-22(21(23)28)17-7-16(38)8-19(27)20(17)26(29,30)31/h7-8,10,13-15,32,38H,2-6,9,11-12H2,1H3/t13?,14?,15-/m0/s1. The van der Waals surface area contributed by atoms with Crippen molar-refractivity contribution in [2.75, 3.05) is 38.2 Å². The minimum Gasteiger partial charge on any atom is -0.508 e. The maximum absolute atomic E-state index is 16.2. The molecule has 2 N–H and O–H groups in total. The van der Waals surface area contributed by atoms with Crippen LogP contribution in [-0.4, -0.2) is 76.4 Å². The van der Waals surface area contributed by atoms with Crippen molar-refractivity contribution in [3.05, 3.63) is 34.7 Å². The second-order valence-corrected chi connectivity index (χ2v) is 10.8. The number of nitrogens with zero attached hydrogens (tertiary/aromatic N) is 5. The number of ether oxygens (including phenoxy) is 1. The quantitative estimate of drug-likeness (QED) is 0.433. The van der Waals surface area contributed by atoms with Gasteiger partial charge in [-0.25, -0.2) is 4.39 Å². The van der Waals surface area contributed by atoms with Crippen LogP contribution in [0.3, 0.4) is 0 Å². The molecule has 3 atom stereocenters. The maximum Gasteiger partial charge on any atom is 0.418 e. The van der Waals surface area contributed by atoms with Crippen molar-refractivity contribution in [1.29, 1.82) is 0 Å². The lowest BCUT2D eigenvalue weighted by atomic mass is 9.93. The molecule has 13 heteroatoms. The maximum atomic E-state index is 16.2. The number of alkyl halides is 3. The topological polar surface area (TPSA) is 86.6 Å². The molecule has 2 unspecified atom stereocenters. The summed E-state index contributed by atoms with van der Waals surface area (Å²) in [5, 5.41) is 13.0. The zero-order valence-corrected chi connectivity index (χ0v) is 21.9. The summed E-state index contributed by atoms with van der Waals surface area (Å²) in [7, 11) is 2.00. The van der Waals surface area contributed by atoms with E-state index in [1.54, 1.807) is 0 Å². The fourth-order valence-corrected chi connectivity index (χ4v) is 6.21. The molecular weight excluding hydrogens is 540 g/mol. The smallest absolute Gasteiger partial charge is 0.418 e. The van der Waals surface area contributed by atoms with Crippen LogP contribution in [-0.2, 0) is 6.18 Å². The Bertz CT molecular complexity index is 1420. The molecule has 2 aromatic heterocycles. The van der Waals surface area contributed by atoms with Gasteiger partial charge in [0.05, 0.1) is 16.0 Å². The Labute approximate surface area is 226 Å². The SMILES string of the molecule is CN1CCC[C@H]1COc1nc(N2CC3CCC2CN3)c2cnc(-c3cc(O)cc(Cl)c3C(F)(F)F)c(F)c2n1. The van der Waals surface area contributed by atoms with Gasteiger partial charge in [0.2, 0.25) is 0 Å². The van der Waals surface area contributed by atoms with Crippen molar-refractivity contribution in [2.24, 2.45) is 0 Å². The number of hydrogen-bond donors (Lipinski definition) is 2. The van der Waals surface area contributed by atoms with E-state index in [1.165, 1.54) is 6.20 Å². The van der Waals surface area contributed by atoms with Gasteiger partial charge in [-0.15, -0.1) is 0 Å². The molecule has 0 aliphatic carbocycles. The van der Waals surface area contributed by atoms with Gasteiger partial charge in [-0.2, -0.15) is 23.1 Å². The molecule has 8 nitrogen and oxygen atoms in total. The molecule has 6 heterocycles. The number of rotatable bonds is 5. The van der Waals surface area contributed by atoms with Gasteiger partial charge in [-0.05, 0) is 51.4 Å². The first kappa shape index (κ1) is 26.3. The normalized spacial score (nSPS) is 23.6. The van der Waals surface area contributed by atoms with Gasteiger partial charge in [0.25, 0.3) is 0 Å². The van der Waals surface area contributed by atoms with E-state index in [4.69, 9.17) is 16.3 Å². The van der Waals surface area contributed by atoms with Gasteiger partial charge in [-0.1, -0.05) is 11.6 Å². The van der Waals surface area contributed by atoms with Crippen LogP contribution in [0.1, 0.15) is 31.2 Å². The highest BCUT2D eigenvalue weighted by molar-refractivity contribution is 6.32. The molecule has 2 bridgehead atoms. The number of likely N-dealkylation sites (tertiary alicyclic amines) is 1. The average molecular weight is 567 g/mol. The number of piperidine rings is 2. The summed E-state index contributed by atoms with van der Waals surface area (Å²) in [4.78, 5) is 17.3. The van der Waals surface area contributed by atoms with Crippen molar-refractivity contribution in [3.8, 4) is 23.0 Å². The molecule has 0 amide bonds. The van der Waals surface area contributed by atoms with Crippen molar-refractivity contribution in [1.82, 2.24) is 25.2 Å². The Morgan fingerprint density at radius 3 is 2.67 bits per heavy atom. The van der Waals surface area contributed by atoms with E-state index in [0.29, 0.717) is 19.0 Å². The average Bonchev–Trinajstić information content (AvgIpc) is 3.31. The third-order valence-electron chi connectivity index (χ3n) is 7.95. The number of benzene rings is 1. The Morgan fingerprint density at radius 1 is 1.21 bits per heavy atom. The summed E-state index contributed by atoms with van der Waals surface area (Å²) in [6.45, 7) is 2.63. The van der Waals surface area contributed by atoms with Crippen molar-refractivity contribution in [3.63, 3.8) is 0 Å². The van der Waals surface area contributed by atoms with E-state index < -0.39 is 39.6 Å². The number of anilines is 1. The number of likely N-dealkylation sites (N-methyl/N-ethyl adjacent to an activating group) is 1. The van der Waals surface area contributed by atoms with Crippen LogP contribution in [0.2, 0.25) is 5.02 Å². The number of nitrogens with one attached hydrogen (secondary N) is 1. The minimum atomic E-state index is -4.92. The van der Waals surface area contributed by atoms with Gasteiger partial charge in [-0.3, -0.25) is 4.98 Å². The third kappa shape index (κ3) is 4.82. The van der Waals surface area contributed by atoms with Crippen LogP contribution < -0.4 is 15.0 Å².